The second kappa shape index (κ2) is 5.82. The predicted molar refractivity (Wildman–Crippen MR) is 66.8 cm³/mol. The molecule has 1 aromatic carbocycles. The van der Waals surface area contributed by atoms with Crippen molar-refractivity contribution >= 4 is 5.97 Å². The average molecular weight is 233 g/mol. The highest BCUT2D eigenvalue weighted by Crippen LogP contribution is 2.25. The molecule has 1 aliphatic rings. The largest absolute Gasteiger partial charge is 0.465 e. The van der Waals surface area contributed by atoms with E-state index in [0.29, 0.717) is 5.56 Å². The van der Waals surface area contributed by atoms with Gasteiger partial charge in [-0.2, -0.15) is 0 Å². The molecule has 0 aliphatic heterocycles. The molecule has 1 N–H and O–H groups in total. The number of hydrogen-bond acceptors (Lipinski definition) is 3. The lowest BCUT2D eigenvalue weighted by molar-refractivity contribution is 0.0600. The highest BCUT2D eigenvalue weighted by Gasteiger charge is 2.16. The first-order chi connectivity index (χ1) is 8.29. The Morgan fingerprint density at radius 2 is 2.06 bits per heavy atom. The smallest absolute Gasteiger partial charge is 0.337 e. The first kappa shape index (κ1) is 12.1. The molecular formula is C14H19NO2. The van der Waals surface area contributed by atoms with Crippen LogP contribution in [0.2, 0.25) is 0 Å². The summed E-state index contributed by atoms with van der Waals surface area (Å²) in [6.45, 7) is 1.98. The molecule has 0 saturated heterocycles. The Bertz CT molecular complexity index is 368. The minimum absolute atomic E-state index is 0.279. The van der Waals surface area contributed by atoms with Crippen molar-refractivity contribution in [2.45, 2.75) is 25.8 Å². The Labute approximate surface area is 102 Å². The summed E-state index contributed by atoms with van der Waals surface area (Å²) in [4.78, 5) is 11.2. The molecule has 0 bridgehead atoms. The van der Waals surface area contributed by atoms with Gasteiger partial charge < -0.3 is 10.1 Å². The van der Waals surface area contributed by atoms with E-state index in [0.717, 1.165) is 19.0 Å². The van der Waals surface area contributed by atoms with Gasteiger partial charge in [0.15, 0.2) is 0 Å². The van der Waals surface area contributed by atoms with Crippen molar-refractivity contribution in [2.24, 2.45) is 5.92 Å². The Morgan fingerprint density at radius 3 is 2.59 bits per heavy atom. The molecule has 0 spiro atoms. The zero-order valence-corrected chi connectivity index (χ0v) is 10.2. The normalized spacial score (nSPS) is 15.4. The lowest BCUT2D eigenvalue weighted by Gasteiger charge is -2.25. The highest BCUT2D eigenvalue weighted by molar-refractivity contribution is 5.89. The number of methoxy groups -OCH3 is 1. The van der Waals surface area contributed by atoms with E-state index in [2.05, 4.69) is 10.1 Å². The summed E-state index contributed by atoms with van der Waals surface area (Å²) in [6.07, 6.45) is 4.13. The molecule has 1 aromatic rings. The van der Waals surface area contributed by atoms with Gasteiger partial charge in [0.05, 0.1) is 12.7 Å². The van der Waals surface area contributed by atoms with Crippen LogP contribution in [0.5, 0.6) is 0 Å². The fraction of sp³-hybridized carbons (Fsp3) is 0.500. The van der Waals surface area contributed by atoms with E-state index in [4.69, 9.17) is 0 Å². The van der Waals surface area contributed by atoms with Crippen LogP contribution < -0.4 is 5.32 Å². The number of ether oxygens (including phenoxy) is 1. The Morgan fingerprint density at radius 1 is 1.35 bits per heavy atom. The van der Waals surface area contributed by atoms with Gasteiger partial charge in [-0.1, -0.05) is 18.6 Å². The van der Waals surface area contributed by atoms with E-state index in [1.165, 1.54) is 31.9 Å². The Kier molecular flexibility index (Phi) is 4.15. The first-order valence-electron chi connectivity index (χ1n) is 6.17. The van der Waals surface area contributed by atoms with Crippen molar-refractivity contribution in [1.29, 1.82) is 0 Å². The van der Waals surface area contributed by atoms with Crippen molar-refractivity contribution in [3.8, 4) is 0 Å². The molecule has 0 unspecified atom stereocenters. The van der Waals surface area contributed by atoms with Crippen molar-refractivity contribution in [3.05, 3.63) is 35.4 Å². The van der Waals surface area contributed by atoms with Crippen molar-refractivity contribution in [1.82, 2.24) is 5.32 Å². The first-order valence-corrected chi connectivity index (χ1v) is 6.17. The van der Waals surface area contributed by atoms with Gasteiger partial charge in [0, 0.05) is 6.54 Å². The topological polar surface area (TPSA) is 38.3 Å². The molecule has 1 aliphatic carbocycles. The minimum atomic E-state index is -0.279. The second-order valence-electron chi connectivity index (χ2n) is 4.62. The molecule has 2 rings (SSSR count). The van der Waals surface area contributed by atoms with Crippen LogP contribution >= 0.6 is 0 Å². The molecular weight excluding hydrogens is 214 g/mol. The van der Waals surface area contributed by atoms with Crippen LogP contribution in [0.25, 0.3) is 0 Å². The van der Waals surface area contributed by atoms with E-state index in [-0.39, 0.29) is 5.97 Å². The lowest BCUT2D eigenvalue weighted by Crippen LogP contribution is -2.26. The fourth-order valence-electron chi connectivity index (χ4n) is 1.99. The molecule has 0 atom stereocenters. The summed E-state index contributed by atoms with van der Waals surface area (Å²) >= 11 is 0. The summed E-state index contributed by atoms with van der Waals surface area (Å²) in [6, 6.07) is 7.57. The van der Waals surface area contributed by atoms with Crippen LogP contribution in [0.15, 0.2) is 24.3 Å². The summed E-state index contributed by atoms with van der Waals surface area (Å²) in [5, 5.41) is 3.45. The molecule has 0 radical (unpaired) electrons. The quantitative estimate of drug-likeness (QED) is 0.793. The number of nitrogens with one attached hydrogen (secondary N) is 1. The summed E-state index contributed by atoms with van der Waals surface area (Å²) < 4.78 is 4.66. The van der Waals surface area contributed by atoms with E-state index in [1.54, 1.807) is 0 Å². The second-order valence-corrected chi connectivity index (χ2v) is 4.62. The standard InChI is InChI=1S/C14H19NO2/c1-17-14(16)13-7-5-12(6-8-13)10-15-9-11-3-2-4-11/h5-8,11,15H,2-4,9-10H2,1H3. The zero-order chi connectivity index (χ0) is 12.1. The summed E-state index contributed by atoms with van der Waals surface area (Å²) in [5.41, 5.74) is 1.81. The SMILES string of the molecule is COC(=O)c1ccc(CNCC2CCC2)cc1. The molecule has 3 nitrogen and oxygen atoms in total. The summed E-state index contributed by atoms with van der Waals surface area (Å²) in [5.74, 6) is 0.600. The number of esters is 1. The molecule has 3 heteroatoms. The van der Waals surface area contributed by atoms with Gasteiger partial charge >= 0.3 is 5.97 Å². The molecule has 1 fully saturated rings. The fourth-order valence-corrected chi connectivity index (χ4v) is 1.99. The van der Waals surface area contributed by atoms with Crippen LogP contribution in [0.4, 0.5) is 0 Å². The highest BCUT2D eigenvalue weighted by atomic mass is 16.5. The monoisotopic (exact) mass is 233 g/mol. The molecule has 1 saturated carbocycles. The van der Waals surface area contributed by atoms with Crippen LogP contribution in [0.3, 0.4) is 0 Å². The molecule has 0 heterocycles. The number of rotatable bonds is 5. The van der Waals surface area contributed by atoms with Crippen LogP contribution in [0, 0.1) is 5.92 Å². The molecule has 0 amide bonds. The third-order valence-electron chi connectivity index (χ3n) is 3.36. The average Bonchev–Trinajstić information content (AvgIpc) is 2.32. The van der Waals surface area contributed by atoms with Crippen molar-refractivity contribution < 1.29 is 9.53 Å². The van der Waals surface area contributed by atoms with Crippen LogP contribution in [-0.4, -0.2) is 19.6 Å². The van der Waals surface area contributed by atoms with Gasteiger partial charge in [-0.15, -0.1) is 0 Å². The van der Waals surface area contributed by atoms with E-state index < -0.39 is 0 Å². The maximum absolute atomic E-state index is 11.2. The molecule has 17 heavy (non-hydrogen) atoms. The van der Waals surface area contributed by atoms with E-state index >= 15 is 0 Å². The van der Waals surface area contributed by atoms with Crippen molar-refractivity contribution in [2.75, 3.05) is 13.7 Å². The van der Waals surface area contributed by atoms with E-state index in [9.17, 15) is 4.79 Å². The van der Waals surface area contributed by atoms with Crippen LogP contribution in [-0.2, 0) is 11.3 Å². The van der Waals surface area contributed by atoms with Gasteiger partial charge in [0.25, 0.3) is 0 Å². The molecule has 0 aromatic heterocycles. The van der Waals surface area contributed by atoms with Gasteiger partial charge in [-0.25, -0.2) is 4.79 Å². The third kappa shape index (κ3) is 3.30. The molecule has 92 valence electrons. The maximum Gasteiger partial charge on any atom is 0.337 e. The minimum Gasteiger partial charge on any atom is -0.465 e. The van der Waals surface area contributed by atoms with Gasteiger partial charge in [-0.05, 0) is 43.0 Å². The number of hydrogen-bond donors (Lipinski definition) is 1. The van der Waals surface area contributed by atoms with E-state index in [1.807, 2.05) is 24.3 Å². The van der Waals surface area contributed by atoms with Gasteiger partial charge in [0.1, 0.15) is 0 Å². The Hall–Kier alpha value is -1.35. The van der Waals surface area contributed by atoms with Crippen molar-refractivity contribution in [3.63, 3.8) is 0 Å². The third-order valence-corrected chi connectivity index (χ3v) is 3.36. The number of carbonyl (C=O) groups is 1. The van der Waals surface area contributed by atoms with Crippen LogP contribution in [0.1, 0.15) is 35.2 Å². The lowest BCUT2D eigenvalue weighted by atomic mass is 9.85. The maximum atomic E-state index is 11.2. The summed E-state index contributed by atoms with van der Waals surface area (Å²) in [7, 11) is 1.40. The number of carbonyl (C=O) groups excluding carboxylic acids is 1. The predicted octanol–water partition coefficient (Wildman–Crippen LogP) is 2.36. The zero-order valence-electron chi connectivity index (χ0n) is 10.2. The number of benzene rings is 1. The van der Waals surface area contributed by atoms with Gasteiger partial charge in [-0.3, -0.25) is 0 Å². The Balaban J connectivity index is 1.78. The van der Waals surface area contributed by atoms with Gasteiger partial charge in [0.2, 0.25) is 0 Å².